The summed E-state index contributed by atoms with van der Waals surface area (Å²) in [5.41, 5.74) is 0. The first-order valence-electron chi connectivity index (χ1n) is 22.8. The fraction of sp³-hybridized carbons (Fsp3) is 0.909. The maximum absolute atomic E-state index is 13.9. The standard InChI is InChI=1S/C44H83N3O9/c1-4-6-8-10-12-14-15-16-17-18-19-20-22-24-26-28-33-47(38(50)31-27-25-23-21-13-11-9-7-5-2)44-40(42(54)41(53)36(34-48)56-44)46-43(55)35(3)45-37(49)30-29-32-39(51)52/h35-36,40-42,44,48,53-54H,4-34H2,1-3H3,(H,45,49)(H,46,55)(H,51,52)/t35-,36+,40+,41+,42+,44+/m0/s1. The second kappa shape index (κ2) is 33.7. The first-order valence-corrected chi connectivity index (χ1v) is 22.8. The molecule has 1 saturated heterocycles. The molecular weight excluding hydrogens is 714 g/mol. The molecule has 1 aliphatic rings. The number of rotatable bonds is 36. The van der Waals surface area contributed by atoms with Crippen LogP contribution in [-0.4, -0.2) is 98.8 Å². The molecule has 12 heteroatoms. The predicted molar refractivity (Wildman–Crippen MR) is 222 cm³/mol. The largest absolute Gasteiger partial charge is 0.481 e. The van der Waals surface area contributed by atoms with E-state index in [1.54, 1.807) is 4.90 Å². The minimum absolute atomic E-state index is 0.0704. The van der Waals surface area contributed by atoms with Crippen LogP contribution in [0.4, 0.5) is 0 Å². The number of nitrogens with zero attached hydrogens (tertiary/aromatic N) is 1. The number of aliphatic hydroxyl groups excluding tert-OH is 3. The van der Waals surface area contributed by atoms with Gasteiger partial charge in [-0.05, 0) is 26.2 Å². The summed E-state index contributed by atoms with van der Waals surface area (Å²) in [7, 11) is 0. The van der Waals surface area contributed by atoms with Crippen molar-refractivity contribution in [1.82, 2.24) is 15.5 Å². The fourth-order valence-corrected chi connectivity index (χ4v) is 7.54. The molecule has 1 heterocycles. The molecule has 328 valence electrons. The van der Waals surface area contributed by atoms with Gasteiger partial charge in [-0.3, -0.25) is 19.2 Å². The van der Waals surface area contributed by atoms with Gasteiger partial charge in [0.1, 0.15) is 30.4 Å². The normalized spacial score (nSPS) is 20.1. The van der Waals surface area contributed by atoms with Crippen LogP contribution >= 0.6 is 0 Å². The van der Waals surface area contributed by atoms with E-state index in [2.05, 4.69) is 24.5 Å². The van der Waals surface area contributed by atoms with Gasteiger partial charge in [0.2, 0.25) is 17.7 Å². The van der Waals surface area contributed by atoms with Gasteiger partial charge in [0.05, 0.1) is 6.61 Å². The van der Waals surface area contributed by atoms with Gasteiger partial charge in [0.25, 0.3) is 0 Å². The number of carboxylic acids is 1. The van der Waals surface area contributed by atoms with E-state index in [4.69, 9.17) is 9.84 Å². The summed E-state index contributed by atoms with van der Waals surface area (Å²) in [6.07, 6.45) is 24.3. The summed E-state index contributed by atoms with van der Waals surface area (Å²) < 4.78 is 6.11. The minimum Gasteiger partial charge on any atom is -0.481 e. The van der Waals surface area contributed by atoms with Crippen LogP contribution < -0.4 is 10.6 Å². The number of carboxylic acid groups (broad SMARTS) is 1. The third kappa shape index (κ3) is 23.8. The Bertz CT molecular complexity index is 1030. The summed E-state index contributed by atoms with van der Waals surface area (Å²) in [6.45, 7) is 5.67. The van der Waals surface area contributed by atoms with Gasteiger partial charge in [-0.1, -0.05) is 162 Å². The molecule has 0 spiro atoms. The van der Waals surface area contributed by atoms with Crippen molar-refractivity contribution in [3.05, 3.63) is 0 Å². The van der Waals surface area contributed by atoms with E-state index in [0.717, 1.165) is 38.5 Å². The molecule has 56 heavy (non-hydrogen) atoms. The number of aliphatic hydroxyl groups is 3. The van der Waals surface area contributed by atoms with Crippen LogP contribution in [0, 0.1) is 0 Å². The van der Waals surface area contributed by atoms with E-state index in [9.17, 15) is 34.5 Å². The molecule has 0 aromatic carbocycles. The number of carbonyl (C=O) groups is 4. The number of hydrogen-bond donors (Lipinski definition) is 6. The van der Waals surface area contributed by atoms with Crippen molar-refractivity contribution in [2.75, 3.05) is 13.2 Å². The lowest BCUT2D eigenvalue weighted by molar-refractivity contribution is -0.231. The van der Waals surface area contributed by atoms with E-state index < -0.39 is 61.0 Å². The smallest absolute Gasteiger partial charge is 0.303 e. The summed E-state index contributed by atoms with van der Waals surface area (Å²) in [5, 5.41) is 46.2. The third-order valence-electron chi connectivity index (χ3n) is 11.1. The summed E-state index contributed by atoms with van der Waals surface area (Å²) in [6, 6.07) is -2.26. The van der Waals surface area contributed by atoms with E-state index >= 15 is 0 Å². The Balaban J connectivity index is 2.81. The lowest BCUT2D eigenvalue weighted by Gasteiger charge is -2.47. The average molecular weight is 798 g/mol. The monoisotopic (exact) mass is 798 g/mol. The van der Waals surface area contributed by atoms with Crippen molar-refractivity contribution in [2.45, 2.75) is 244 Å². The number of ether oxygens (including phenoxy) is 1. The third-order valence-corrected chi connectivity index (χ3v) is 11.1. The van der Waals surface area contributed by atoms with Crippen molar-refractivity contribution < 1.29 is 44.3 Å². The summed E-state index contributed by atoms with van der Waals surface area (Å²) >= 11 is 0. The average Bonchev–Trinajstić information content (AvgIpc) is 3.17. The zero-order valence-electron chi connectivity index (χ0n) is 35.7. The van der Waals surface area contributed by atoms with E-state index in [0.29, 0.717) is 19.4 Å². The van der Waals surface area contributed by atoms with E-state index in [1.807, 2.05) is 0 Å². The summed E-state index contributed by atoms with van der Waals surface area (Å²) in [5.74, 6) is -2.33. The predicted octanol–water partition coefficient (Wildman–Crippen LogP) is 7.68. The minimum atomic E-state index is -1.55. The van der Waals surface area contributed by atoms with Crippen LogP contribution in [0.25, 0.3) is 0 Å². The Morgan fingerprint density at radius 2 is 1.05 bits per heavy atom. The topological polar surface area (TPSA) is 186 Å². The molecule has 0 saturated carbocycles. The fourth-order valence-electron chi connectivity index (χ4n) is 7.54. The highest BCUT2D eigenvalue weighted by Crippen LogP contribution is 2.26. The zero-order chi connectivity index (χ0) is 41.4. The maximum atomic E-state index is 13.9. The number of carbonyl (C=O) groups excluding carboxylic acids is 3. The van der Waals surface area contributed by atoms with Crippen molar-refractivity contribution in [2.24, 2.45) is 0 Å². The van der Waals surface area contributed by atoms with Crippen LogP contribution in [0.2, 0.25) is 0 Å². The first-order chi connectivity index (χ1) is 27.1. The maximum Gasteiger partial charge on any atom is 0.303 e. The molecule has 1 aliphatic heterocycles. The van der Waals surface area contributed by atoms with Crippen molar-refractivity contribution >= 4 is 23.7 Å². The molecule has 1 rings (SSSR count). The lowest BCUT2D eigenvalue weighted by Crippen LogP contribution is -2.69. The molecule has 0 aliphatic carbocycles. The van der Waals surface area contributed by atoms with Crippen LogP contribution in [0.1, 0.15) is 207 Å². The van der Waals surface area contributed by atoms with Gasteiger partial charge >= 0.3 is 5.97 Å². The Morgan fingerprint density at radius 3 is 1.50 bits per heavy atom. The molecule has 12 nitrogen and oxygen atoms in total. The molecule has 0 aromatic rings. The SMILES string of the molecule is CCCCCCCCCCCCCCCCCCN(C(=O)CCCCCCCCCCC)[C@@H]1O[C@H](CO)[C@@H](O)[C@H](O)[C@H]1NC(=O)[C@H](C)NC(=O)CCCC(=O)O. The van der Waals surface area contributed by atoms with Crippen LogP contribution in [0.5, 0.6) is 0 Å². The van der Waals surface area contributed by atoms with Crippen LogP contribution in [0.15, 0.2) is 0 Å². The number of aliphatic carboxylic acids is 1. The van der Waals surface area contributed by atoms with E-state index in [-0.39, 0.29) is 31.6 Å². The zero-order valence-corrected chi connectivity index (χ0v) is 35.7. The Labute approximate surface area is 339 Å². The molecule has 0 bridgehead atoms. The second-order valence-electron chi connectivity index (χ2n) is 16.3. The van der Waals surface area contributed by atoms with E-state index in [1.165, 1.54) is 116 Å². The van der Waals surface area contributed by atoms with Gasteiger partial charge in [-0.15, -0.1) is 0 Å². The van der Waals surface area contributed by atoms with Gasteiger partial charge in [0, 0.05) is 25.8 Å². The molecule has 0 radical (unpaired) electrons. The van der Waals surface area contributed by atoms with Crippen LogP contribution in [-0.2, 0) is 23.9 Å². The molecule has 6 N–H and O–H groups in total. The Hall–Kier alpha value is -2.28. The molecule has 1 fully saturated rings. The molecule has 3 amide bonds. The molecule has 6 atom stereocenters. The van der Waals surface area contributed by atoms with Crippen molar-refractivity contribution in [3.63, 3.8) is 0 Å². The highest BCUT2D eigenvalue weighted by Gasteiger charge is 2.48. The summed E-state index contributed by atoms with van der Waals surface area (Å²) in [4.78, 5) is 52.0. The number of amides is 3. The number of hydrogen-bond acceptors (Lipinski definition) is 8. The van der Waals surface area contributed by atoms with Crippen molar-refractivity contribution in [3.8, 4) is 0 Å². The second-order valence-corrected chi connectivity index (χ2v) is 16.3. The van der Waals surface area contributed by atoms with Gasteiger partial charge in [-0.25, -0.2) is 0 Å². The van der Waals surface area contributed by atoms with Crippen molar-refractivity contribution in [1.29, 1.82) is 0 Å². The number of nitrogens with one attached hydrogen (secondary N) is 2. The lowest BCUT2D eigenvalue weighted by atomic mass is 9.94. The quantitative estimate of drug-likeness (QED) is 0.0346. The highest BCUT2D eigenvalue weighted by atomic mass is 16.5. The highest BCUT2D eigenvalue weighted by molar-refractivity contribution is 5.87. The Kier molecular flexibility index (Phi) is 31.1. The van der Waals surface area contributed by atoms with Gasteiger partial charge < -0.3 is 40.7 Å². The first kappa shape index (κ1) is 51.7. The van der Waals surface area contributed by atoms with Gasteiger partial charge in [-0.2, -0.15) is 0 Å². The number of unbranched alkanes of at least 4 members (excludes halogenated alkanes) is 23. The van der Waals surface area contributed by atoms with Crippen LogP contribution in [0.3, 0.4) is 0 Å². The molecule has 0 unspecified atom stereocenters. The molecular formula is C44H83N3O9. The van der Waals surface area contributed by atoms with Gasteiger partial charge in [0.15, 0.2) is 6.23 Å². The Morgan fingerprint density at radius 1 is 0.607 bits per heavy atom. The molecule has 0 aromatic heterocycles.